The quantitative estimate of drug-likeness (QED) is 0.377. The third-order valence-corrected chi connectivity index (χ3v) is 3.21. The molecule has 0 fully saturated rings. The minimum absolute atomic E-state index is 0.174. The highest BCUT2D eigenvalue weighted by Gasteiger charge is 2.23. The second-order valence-corrected chi connectivity index (χ2v) is 5.39. The first kappa shape index (κ1) is 14.9. The van der Waals surface area contributed by atoms with Crippen LogP contribution in [-0.4, -0.2) is 17.6 Å². The summed E-state index contributed by atoms with van der Waals surface area (Å²) in [5, 5.41) is 12.7. The van der Waals surface area contributed by atoms with Gasteiger partial charge in [-0.15, -0.1) is 0 Å². The minimum Gasteiger partial charge on any atom is -0.492 e. The first-order chi connectivity index (χ1) is 8.36. The van der Waals surface area contributed by atoms with Crippen molar-refractivity contribution in [2.45, 2.75) is 20.3 Å². The molecule has 3 N–H and O–H groups in total. The molecule has 6 heteroatoms. The second kappa shape index (κ2) is 6.16. The van der Waals surface area contributed by atoms with Crippen molar-refractivity contribution >= 4 is 29.0 Å². The topological polar surface area (TPSA) is 67.8 Å². The van der Waals surface area contributed by atoms with E-state index in [2.05, 4.69) is 5.16 Å². The van der Waals surface area contributed by atoms with Crippen LogP contribution in [0.4, 0.5) is 0 Å². The van der Waals surface area contributed by atoms with Crippen LogP contribution in [0.3, 0.4) is 0 Å². The van der Waals surface area contributed by atoms with Gasteiger partial charge in [0.2, 0.25) is 0 Å². The monoisotopic (exact) mass is 290 g/mol. The SMILES string of the molecule is CC(C)(CCOc1ccc(Cl)cc1Cl)C(N)=NO. The lowest BCUT2D eigenvalue weighted by atomic mass is 9.88. The van der Waals surface area contributed by atoms with Crippen molar-refractivity contribution in [2.24, 2.45) is 16.3 Å². The Bertz CT molecular complexity index is 448. The van der Waals surface area contributed by atoms with E-state index in [9.17, 15) is 0 Å². The normalized spacial score (nSPS) is 12.6. The van der Waals surface area contributed by atoms with Gasteiger partial charge in [0.15, 0.2) is 0 Å². The molecule has 0 radical (unpaired) electrons. The lowest BCUT2D eigenvalue weighted by Crippen LogP contribution is -2.33. The Morgan fingerprint density at radius 3 is 2.67 bits per heavy atom. The molecule has 0 aliphatic rings. The highest BCUT2D eigenvalue weighted by Crippen LogP contribution is 2.28. The van der Waals surface area contributed by atoms with Crippen molar-refractivity contribution in [3.8, 4) is 5.75 Å². The molecule has 0 spiro atoms. The summed E-state index contributed by atoms with van der Waals surface area (Å²) in [6.07, 6.45) is 0.599. The maximum atomic E-state index is 8.65. The van der Waals surface area contributed by atoms with E-state index in [-0.39, 0.29) is 5.84 Å². The van der Waals surface area contributed by atoms with E-state index in [0.29, 0.717) is 28.8 Å². The molecule has 1 aromatic rings. The molecule has 0 saturated heterocycles. The van der Waals surface area contributed by atoms with Gasteiger partial charge in [-0.2, -0.15) is 0 Å². The number of oxime groups is 1. The number of ether oxygens (including phenoxy) is 1. The number of halogens is 2. The van der Waals surface area contributed by atoms with Gasteiger partial charge in [-0.25, -0.2) is 0 Å². The van der Waals surface area contributed by atoms with Gasteiger partial charge >= 0.3 is 0 Å². The van der Waals surface area contributed by atoms with Crippen molar-refractivity contribution in [3.05, 3.63) is 28.2 Å². The average Bonchev–Trinajstić information content (AvgIpc) is 2.30. The summed E-state index contributed by atoms with van der Waals surface area (Å²) in [6, 6.07) is 5.03. The van der Waals surface area contributed by atoms with Gasteiger partial charge in [0.25, 0.3) is 0 Å². The van der Waals surface area contributed by atoms with Gasteiger partial charge in [-0.05, 0) is 24.6 Å². The number of benzene rings is 1. The van der Waals surface area contributed by atoms with E-state index >= 15 is 0 Å². The third kappa shape index (κ3) is 3.96. The van der Waals surface area contributed by atoms with Gasteiger partial charge in [0.05, 0.1) is 11.6 Å². The molecular weight excluding hydrogens is 275 g/mol. The molecule has 100 valence electrons. The van der Waals surface area contributed by atoms with Crippen LogP contribution in [-0.2, 0) is 0 Å². The summed E-state index contributed by atoms with van der Waals surface area (Å²) in [7, 11) is 0. The molecule has 0 saturated carbocycles. The molecule has 4 nitrogen and oxygen atoms in total. The summed E-state index contributed by atoms with van der Waals surface area (Å²) < 4.78 is 5.54. The highest BCUT2D eigenvalue weighted by molar-refractivity contribution is 6.35. The van der Waals surface area contributed by atoms with Crippen molar-refractivity contribution in [2.75, 3.05) is 6.61 Å². The number of hydrogen-bond acceptors (Lipinski definition) is 3. The number of amidine groups is 1. The Morgan fingerprint density at radius 1 is 1.44 bits per heavy atom. The number of nitrogens with zero attached hydrogens (tertiary/aromatic N) is 1. The van der Waals surface area contributed by atoms with E-state index in [1.165, 1.54) is 0 Å². The summed E-state index contributed by atoms with van der Waals surface area (Å²) in [6.45, 7) is 4.15. The molecule has 0 amide bonds. The van der Waals surface area contributed by atoms with E-state index < -0.39 is 5.41 Å². The fourth-order valence-corrected chi connectivity index (χ4v) is 1.73. The zero-order chi connectivity index (χ0) is 13.8. The molecule has 0 unspecified atom stereocenters. The van der Waals surface area contributed by atoms with E-state index in [1.54, 1.807) is 18.2 Å². The minimum atomic E-state index is -0.437. The number of rotatable bonds is 5. The predicted octanol–water partition coefficient (Wildman–Crippen LogP) is 3.53. The molecule has 18 heavy (non-hydrogen) atoms. The number of nitrogens with two attached hydrogens (primary N) is 1. The van der Waals surface area contributed by atoms with Gasteiger partial charge in [-0.3, -0.25) is 0 Å². The van der Waals surface area contributed by atoms with Crippen LogP contribution >= 0.6 is 23.2 Å². The molecule has 0 aliphatic carbocycles. The van der Waals surface area contributed by atoms with Crippen LogP contribution in [0.1, 0.15) is 20.3 Å². The van der Waals surface area contributed by atoms with Crippen LogP contribution in [0, 0.1) is 5.41 Å². The fourth-order valence-electron chi connectivity index (χ4n) is 1.27. The standard InChI is InChI=1S/C12H16Cl2N2O2/c1-12(2,11(15)16-17)5-6-18-10-4-3-8(13)7-9(10)14/h3-4,7,17H,5-6H2,1-2H3,(H2,15,16). The summed E-state index contributed by atoms with van der Waals surface area (Å²) in [4.78, 5) is 0. The Hall–Kier alpha value is -1.13. The molecule has 0 aromatic heterocycles. The van der Waals surface area contributed by atoms with Crippen LogP contribution in [0.25, 0.3) is 0 Å². The molecule has 1 aromatic carbocycles. The average molecular weight is 291 g/mol. The second-order valence-electron chi connectivity index (χ2n) is 4.54. The van der Waals surface area contributed by atoms with Crippen LogP contribution < -0.4 is 10.5 Å². The Labute approximate surface area is 116 Å². The molecule has 0 heterocycles. The zero-order valence-electron chi connectivity index (χ0n) is 10.3. The lowest BCUT2D eigenvalue weighted by molar-refractivity contribution is 0.259. The third-order valence-electron chi connectivity index (χ3n) is 2.68. The number of hydrogen-bond donors (Lipinski definition) is 2. The maximum absolute atomic E-state index is 8.65. The Kier molecular flexibility index (Phi) is 5.11. The lowest BCUT2D eigenvalue weighted by Gasteiger charge is -2.22. The molecule has 1 rings (SSSR count). The first-order valence-electron chi connectivity index (χ1n) is 5.42. The Morgan fingerprint density at radius 2 is 2.11 bits per heavy atom. The largest absolute Gasteiger partial charge is 0.492 e. The van der Waals surface area contributed by atoms with Crippen molar-refractivity contribution in [1.29, 1.82) is 0 Å². The van der Waals surface area contributed by atoms with E-state index in [1.807, 2.05) is 13.8 Å². The van der Waals surface area contributed by atoms with Gasteiger partial charge in [0, 0.05) is 10.4 Å². The molecule has 0 aliphatic heterocycles. The van der Waals surface area contributed by atoms with E-state index in [4.69, 9.17) is 38.9 Å². The molecule has 0 bridgehead atoms. The smallest absolute Gasteiger partial charge is 0.144 e. The molecule has 0 atom stereocenters. The predicted molar refractivity (Wildman–Crippen MR) is 73.8 cm³/mol. The summed E-state index contributed by atoms with van der Waals surface area (Å²) in [5.41, 5.74) is 5.14. The Balaban J connectivity index is 2.57. The fraction of sp³-hybridized carbons (Fsp3) is 0.417. The van der Waals surface area contributed by atoms with Gasteiger partial charge in [0.1, 0.15) is 11.6 Å². The zero-order valence-corrected chi connectivity index (χ0v) is 11.8. The van der Waals surface area contributed by atoms with Crippen molar-refractivity contribution < 1.29 is 9.94 Å². The summed E-state index contributed by atoms with van der Waals surface area (Å²) in [5.74, 6) is 0.740. The van der Waals surface area contributed by atoms with Crippen LogP contribution in [0.15, 0.2) is 23.4 Å². The van der Waals surface area contributed by atoms with E-state index in [0.717, 1.165) is 0 Å². The molecular formula is C12H16Cl2N2O2. The maximum Gasteiger partial charge on any atom is 0.144 e. The van der Waals surface area contributed by atoms with Crippen LogP contribution in [0.5, 0.6) is 5.75 Å². The van der Waals surface area contributed by atoms with Gasteiger partial charge in [-0.1, -0.05) is 42.2 Å². The van der Waals surface area contributed by atoms with Crippen LogP contribution in [0.2, 0.25) is 10.0 Å². The van der Waals surface area contributed by atoms with Crippen molar-refractivity contribution in [1.82, 2.24) is 0 Å². The van der Waals surface area contributed by atoms with Gasteiger partial charge < -0.3 is 15.7 Å². The highest BCUT2D eigenvalue weighted by atomic mass is 35.5. The summed E-state index contributed by atoms with van der Waals surface area (Å²) >= 11 is 11.8. The van der Waals surface area contributed by atoms with Crippen molar-refractivity contribution in [3.63, 3.8) is 0 Å². The first-order valence-corrected chi connectivity index (χ1v) is 6.18.